The molecule has 0 bridgehead atoms. The van der Waals surface area contributed by atoms with Crippen LogP contribution in [-0.4, -0.2) is 34.7 Å². The average Bonchev–Trinajstić information content (AvgIpc) is 3.02. The summed E-state index contributed by atoms with van der Waals surface area (Å²) in [6.07, 6.45) is 0.702. The number of carbonyl (C=O) groups excluding carboxylic acids is 1. The molecule has 1 saturated heterocycles. The predicted octanol–water partition coefficient (Wildman–Crippen LogP) is 2.68. The standard InChI is InChI=1S/C14H14ClNO3S/c15-10-1-2-11-9(5-10)6-12(19-11)13(17)16-7-14(18)3-4-20-8-14/h1-2,5-6,18H,3-4,7-8H2,(H,16,17). The van der Waals surface area contributed by atoms with Crippen LogP contribution in [-0.2, 0) is 0 Å². The third-order valence-electron chi connectivity index (χ3n) is 3.36. The van der Waals surface area contributed by atoms with Crippen LogP contribution >= 0.6 is 23.4 Å². The number of rotatable bonds is 3. The highest BCUT2D eigenvalue weighted by Gasteiger charge is 2.32. The first-order valence-electron chi connectivity index (χ1n) is 6.33. The Morgan fingerprint density at radius 2 is 2.35 bits per heavy atom. The zero-order valence-electron chi connectivity index (χ0n) is 10.7. The van der Waals surface area contributed by atoms with E-state index in [1.165, 1.54) is 0 Å². The number of halogens is 1. The van der Waals surface area contributed by atoms with Crippen LogP contribution < -0.4 is 5.32 Å². The minimum atomic E-state index is -0.796. The van der Waals surface area contributed by atoms with Gasteiger partial charge in [-0.1, -0.05) is 11.6 Å². The number of thioether (sulfide) groups is 1. The van der Waals surface area contributed by atoms with E-state index in [0.29, 0.717) is 22.8 Å². The molecule has 0 spiro atoms. The fourth-order valence-corrected chi connectivity index (χ4v) is 3.67. The van der Waals surface area contributed by atoms with E-state index in [4.69, 9.17) is 16.0 Å². The normalized spacial score (nSPS) is 22.3. The molecule has 0 aliphatic carbocycles. The van der Waals surface area contributed by atoms with Gasteiger partial charge in [-0.05, 0) is 36.4 Å². The number of nitrogens with one attached hydrogen (secondary N) is 1. The summed E-state index contributed by atoms with van der Waals surface area (Å²) in [6.45, 7) is 0.247. The Labute approximate surface area is 125 Å². The van der Waals surface area contributed by atoms with E-state index in [1.807, 2.05) is 0 Å². The van der Waals surface area contributed by atoms with E-state index in [-0.39, 0.29) is 18.2 Å². The number of benzene rings is 1. The predicted molar refractivity (Wildman–Crippen MR) is 80.4 cm³/mol. The fraction of sp³-hybridized carbons (Fsp3) is 0.357. The summed E-state index contributed by atoms with van der Waals surface area (Å²) >= 11 is 7.59. The topological polar surface area (TPSA) is 62.5 Å². The first-order chi connectivity index (χ1) is 9.56. The zero-order valence-corrected chi connectivity index (χ0v) is 12.3. The number of hydrogen-bond donors (Lipinski definition) is 2. The number of amides is 1. The molecule has 4 nitrogen and oxygen atoms in total. The van der Waals surface area contributed by atoms with E-state index >= 15 is 0 Å². The molecule has 20 heavy (non-hydrogen) atoms. The van der Waals surface area contributed by atoms with Crippen molar-refractivity contribution in [2.45, 2.75) is 12.0 Å². The van der Waals surface area contributed by atoms with Crippen molar-refractivity contribution in [2.24, 2.45) is 0 Å². The monoisotopic (exact) mass is 311 g/mol. The Bertz CT molecular complexity index is 649. The van der Waals surface area contributed by atoms with Gasteiger partial charge in [-0.3, -0.25) is 4.79 Å². The molecule has 1 aromatic carbocycles. The minimum absolute atomic E-state index is 0.233. The van der Waals surface area contributed by atoms with Crippen LogP contribution in [0.2, 0.25) is 5.02 Å². The number of fused-ring (bicyclic) bond motifs is 1. The van der Waals surface area contributed by atoms with Gasteiger partial charge in [0.15, 0.2) is 5.76 Å². The van der Waals surface area contributed by atoms with Crippen LogP contribution in [0.4, 0.5) is 0 Å². The summed E-state index contributed by atoms with van der Waals surface area (Å²) in [7, 11) is 0. The molecule has 0 saturated carbocycles. The summed E-state index contributed by atoms with van der Waals surface area (Å²) in [5.41, 5.74) is -0.176. The summed E-state index contributed by atoms with van der Waals surface area (Å²) in [5.74, 6) is 1.50. The second-order valence-corrected chi connectivity index (χ2v) is 6.54. The van der Waals surface area contributed by atoms with Gasteiger partial charge in [0.1, 0.15) is 5.58 Å². The molecule has 1 atom stereocenters. The van der Waals surface area contributed by atoms with E-state index < -0.39 is 5.60 Å². The lowest BCUT2D eigenvalue weighted by Gasteiger charge is -2.20. The Kier molecular flexibility index (Phi) is 3.67. The van der Waals surface area contributed by atoms with Gasteiger partial charge in [-0.25, -0.2) is 0 Å². The maximum absolute atomic E-state index is 12.0. The van der Waals surface area contributed by atoms with Crippen molar-refractivity contribution < 1.29 is 14.3 Å². The maximum Gasteiger partial charge on any atom is 0.287 e. The van der Waals surface area contributed by atoms with Gasteiger partial charge in [0.2, 0.25) is 0 Å². The third kappa shape index (κ3) is 2.80. The van der Waals surface area contributed by atoms with Crippen LogP contribution in [0.1, 0.15) is 17.0 Å². The van der Waals surface area contributed by atoms with Crippen molar-refractivity contribution in [3.05, 3.63) is 35.0 Å². The van der Waals surface area contributed by atoms with Crippen LogP contribution in [0, 0.1) is 0 Å². The molecule has 0 radical (unpaired) electrons. The Morgan fingerprint density at radius 3 is 3.10 bits per heavy atom. The second kappa shape index (κ2) is 5.31. The first-order valence-corrected chi connectivity index (χ1v) is 7.86. The van der Waals surface area contributed by atoms with Crippen molar-refractivity contribution >= 4 is 40.2 Å². The maximum atomic E-state index is 12.0. The van der Waals surface area contributed by atoms with Gasteiger partial charge >= 0.3 is 0 Å². The lowest BCUT2D eigenvalue weighted by molar-refractivity contribution is 0.0603. The molecule has 6 heteroatoms. The van der Waals surface area contributed by atoms with Crippen molar-refractivity contribution in [3.63, 3.8) is 0 Å². The molecule has 1 amide bonds. The lowest BCUT2D eigenvalue weighted by atomic mass is 10.0. The largest absolute Gasteiger partial charge is 0.451 e. The second-order valence-electron chi connectivity index (χ2n) is 5.00. The molecule has 2 heterocycles. The zero-order chi connectivity index (χ0) is 14.2. The Morgan fingerprint density at radius 1 is 1.50 bits per heavy atom. The summed E-state index contributed by atoms with van der Waals surface area (Å²) in [5, 5.41) is 14.3. The Balaban J connectivity index is 1.72. The van der Waals surface area contributed by atoms with Crippen molar-refractivity contribution in [1.29, 1.82) is 0 Å². The number of hydrogen-bond acceptors (Lipinski definition) is 4. The van der Waals surface area contributed by atoms with Gasteiger partial charge in [-0.15, -0.1) is 0 Å². The highest BCUT2D eigenvalue weighted by Crippen LogP contribution is 2.27. The Hall–Kier alpha value is -1.17. The van der Waals surface area contributed by atoms with Crippen molar-refractivity contribution in [3.8, 4) is 0 Å². The highest BCUT2D eigenvalue weighted by molar-refractivity contribution is 7.99. The van der Waals surface area contributed by atoms with Gasteiger partial charge in [-0.2, -0.15) is 11.8 Å². The van der Waals surface area contributed by atoms with Crippen molar-refractivity contribution in [1.82, 2.24) is 5.32 Å². The van der Waals surface area contributed by atoms with Gasteiger partial charge in [0.25, 0.3) is 5.91 Å². The van der Waals surface area contributed by atoms with Crippen LogP contribution in [0.15, 0.2) is 28.7 Å². The van der Waals surface area contributed by atoms with Gasteiger partial charge in [0, 0.05) is 22.7 Å². The average molecular weight is 312 g/mol. The molecule has 1 aliphatic rings. The molecule has 1 unspecified atom stereocenters. The SMILES string of the molecule is O=C(NCC1(O)CCSC1)c1cc2cc(Cl)ccc2o1. The van der Waals surface area contributed by atoms with Crippen LogP contribution in [0.5, 0.6) is 0 Å². The molecule has 1 aromatic heterocycles. The molecule has 2 N–H and O–H groups in total. The quantitative estimate of drug-likeness (QED) is 0.915. The third-order valence-corrected chi connectivity index (χ3v) is 4.83. The highest BCUT2D eigenvalue weighted by atomic mass is 35.5. The van der Waals surface area contributed by atoms with Gasteiger partial charge in [0.05, 0.1) is 5.60 Å². The molecule has 106 valence electrons. The van der Waals surface area contributed by atoms with Gasteiger partial charge < -0.3 is 14.8 Å². The molecule has 2 aromatic rings. The lowest BCUT2D eigenvalue weighted by Crippen LogP contribution is -2.42. The molecule has 1 aliphatic heterocycles. The van der Waals surface area contributed by atoms with Crippen molar-refractivity contribution in [2.75, 3.05) is 18.1 Å². The molecule has 3 rings (SSSR count). The number of furan rings is 1. The first kappa shape index (κ1) is 13.8. The molecular formula is C14H14ClNO3S. The summed E-state index contributed by atoms with van der Waals surface area (Å²) in [6, 6.07) is 6.85. The minimum Gasteiger partial charge on any atom is -0.451 e. The van der Waals surface area contributed by atoms with Crippen LogP contribution in [0.3, 0.4) is 0 Å². The number of aliphatic hydroxyl groups is 1. The summed E-state index contributed by atoms with van der Waals surface area (Å²) < 4.78 is 5.48. The smallest absolute Gasteiger partial charge is 0.287 e. The molecular weight excluding hydrogens is 298 g/mol. The molecule has 1 fully saturated rings. The van der Waals surface area contributed by atoms with E-state index in [2.05, 4.69) is 5.32 Å². The van der Waals surface area contributed by atoms with E-state index in [0.717, 1.165) is 11.1 Å². The summed E-state index contributed by atoms with van der Waals surface area (Å²) in [4.78, 5) is 12.0. The van der Waals surface area contributed by atoms with Crippen LogP contribution in [0.25, 0.3) is 11.0 Å². The number of carbonyl (C=O) groups is 1. The fourth-order valence-electron chi connectivity index (χ4n) is 2.19. The van der Waals surface area contributed by atoms with E-state index in [1.54, 1.807) is 36.0 Å². The van der Waals surface area contributed by atoms with E-state index in [9.17, 15) is 9.90 Å².